The van der Waals surface area contributed by atoms with E-state index in [9.17, 15) is 14.5 Å². The van der Waals surface area contributed by atoms with Crippen LogP contribution in [0.4, 0.5) is 4.39 Å². The third-order valence-electron chi connectivity index (χ3n) is 1.60. The lowest BCUT2D eigenvalue weighted by atomic mass is 10.1. The van der Waals surface area contributed by atoms with Gasteiger partial charge < -0.3 is 0 Å². The van der Waals surface area contributed by atoms with Crippen LogP contribution < -0.4 is 0 Å². The van der Waals surface area contributed by atoms with Crippen LogP contribution in [0.5, 0.6) is 0 Å². The number of nitro groups is 1. The van der Waals surface area contributed by atoms with Gasteiger partial charge in [0, 0.05) is 5.57 Å². The summed E-state index contributed by atoms with van der Waals surface area (Å²) in [5.74, 6) is -0.349. The van der Waals surface area contributed by atoms with Crippen LogP contribution in [0.2, 0.25) is 0 Å². The number of hydrogen-bond donors (Lipinski definition) is 0. The van der Waals surface area contributed by atoms with Crippen LogP contribution in [0, 0.1) is 15.9 Å². The van der Waals surface area contributed by atoms with E-state index in [1.165, 1.54) is 24.3 Å². The lowest BCUT2D eigenvalue weighted by Gasteiger charge is -1.96. The van der Waals surface area contributed by atoms with Crippen LogP contribution in [0.25, 0.3) is 5.57 Å². The van der Waals surface area contributed by atoms with Crippen LogP contribution in [0.1, 0.15) is 12.5 Å². The molecular weight excluding hydrogens is 173 g/mol. The standard InChI is InChI=1S/C9H8FNO2/c1-7(6-11(12)13)8-2-4-9(10)5-3-8/h2-6H,1H3/b7-6+. The lowest BCUT2D eigenvalue weighted by molar-refractivity contribution is -0.401. The molecule has 3 nitrogen and oxygen atoms in total. The van der Waals surface area contributed by atoms with Gasteiger partial charge >= 0.3 is 0 Å². The molecular formula is C9H8FNO2. The smallest absolute Gasteiger partial charge is 0.237 e. The summed E-state index contributed by atoms with van der Waals surface area (Å²) in [6, 6.07) is 5.55. The molecule has 0 heterocycles. The SMILES string of the molecule is C/C(=C\[N+](=O)[O-])c1ccc(F)cc1. The van der Waals surface area contributed by atoms with E-state index in [0.717, 1.165) is 6.20 Å². The van der Waals surface area contributed by atoms with Crippen molar-refractivity contribution in [3.05, 3.63) is 52.0 Å². The molecule has 68 valence electrons. The predicted octanol–water partition coefficient (Wildman–Crippen LogP) is 2.46. The average Bonchev–Trinajstić information content (AvgIpc) is 2.04. The summed E-state index contributed by atoms with van der Waals surface area (Å²) in [5, 5.41) is 10.1. The van der Waals surface area contributed by atoms with E-state index in [4.69, 9.17) is 0 Å². The van der Waals surface area contributed by atoms with E-state index >= 15 is 0 Å². The zero-order valence-corrected chi connectivity index (χ0v) is 7.03. The summed E-state index contributed by atoms with van der Waals surface area (Å²) >= 11 is 0. The molecule has 0 saturated heterocycles. The first-order chi connectivity index (χ1) is 6.09. The van der Waals surface area contributed by atoms with Crippen molar-refractivity contribution in [2.45, 2.75) is 6.92 Å². The van der Waals surface area contributed by atoms with Gasteiger partial charge in [0.25, 0.3) is 0 Å². The number of benzene rings is 1. The van der Waals surface area contributed by atoms with Crippen molar-refractivity contribution in [1.82, 2.24) is 0 Å². The second-order valence-corrected chi connectivity index (χ2v) is 2.60. The predicted molar refractivity (Wildman–Crippen MR) is 47.0 cm³/mol. The Bertz CT molecular complexity index is 343. The number of hydrogen-bond acceptors (Lipinski definition) is 2. The fourth-order valence-electron chi connectivity index (χ4n) is 0.945. The summed E-state index contributed by atoms with van der Waals surface area (Å²) < 4.78 is 12.5. The molecule has 0 atom stereocenters. The van der Waals surface area contributed by atoms with Gasteiger partial charge in [0.2, 0.25) is 6.20 Å². The van der Waals surface area contributed by atoms with Crippen molar-refractivity contribution >= 4 is 5.57 Å². The van der Waals surface area contributed by atoms with E-state index in [-0.39, 0.29) is 5.82 Å². The highest BCUT2D eigenvalue weighted by Crippen LogP contribution is 2.13. The zero-order valence-electron chi connectivity index (χ0n) is 7.03. The van der Waals surface area contributed by atoms with Gasteiger partial charge in [0.05, 0.1) is 4.92 Å². The van der Waals surface area contributed by atoms with Gasteiger partial charge in [-0.3, -0.25) is 10.1 Å². The number of nitrogens with zero attached hydrogens (tertiary/aromatic N) is 1. The van der Waals surface area contributed by atoms with Gasteiger partial charge in [-0.1, -0.05) is 12.1 Å². The zero-order chi connectivity index (χ0) is 9.84. The molecule has 0 fully saturated rings. The summed E-state index contributed by atoms with van der Waals surface area (Å²) in [5.41, 5.74) is 1.16. The van der Waals surface area contributed by atoms with E-state index in [2.05, 4.69) is 0 Å². The Morgan fingerprint density at radius 1 is 1.46 bits per heavy atom. The average molecular weight is 181 g/mol. The van der Waals surface area contributed by atoms with Gasteiger partial charge in [-0.05, 0) is 24.6 Å². The third kappa shape index (κ3) is 2.66. The molecule has 0 bridgehead atoms. The summed E-state index contributed by atoms with van der Waals surface area (Å²) in [6.45, 7) is 1.61. The maximum atomic E-state index is 12.5. The minimum atomic E-state index is -0.529. The molecule has 4 heteroatoms. The van der Waals surface area contributed by atoms with Crippen LogP contribution in [0.3, 0.4) is 0 Å². The molecule has 0 unspecified atom stereocenters. The monoisotopic (exact) mass is 181 g/mol. The van der Waals surface area contributed by atoms with Gasteiger partial charge in [-0.2, -0.15) is 0 Å². The first-order valence-electron chi connectivity index (χ1n) is 3.67. The van der Waals surface area contributed by atoms with Gasteiger partial charge in [-0.25, -0.2) is 4.39 Å². The number of rotatable bonds is 2. The molecule has 0 aliphatic heterocycles. The van der Waals surface area contributed by atoms with E-state index in [0.29, 0.717) is 11.1 Å². The Morgan fingerprint density at radius 3 is 2.46 bits per heavy atom. The number of halogens is 1. The van der Waals surface area contributed by atoms with Crippen LogP contribution in [-0.2, 0) is 0 Å². The molecule has 0 aliphatic carbocycles. The van der Waals surface area contributed by atoms with Crippen LogP contribution in [0.15, 0.2) is 30.5 Å². The minimum Gasteiger partial charge on any atom is -0.259 e. The van der Waals surface area contributed by atoms with Crippen molar-refractivity contribution in [2.24, 2.45) is 0 Å². The van der Waals surface area contributed by atoms with Crippen LogP contribution in [-0.4, -0.2) is 4.92 Å². The Morgan fingerprint density at radius 2 is 2.00 bits per heavy atom. The van der Waals surface area contributed by atoms with E-state index in [1.807, 2.05) is 0 Å². The highest BCUT2D eigenvalue weighted by atomic mass is 19.1. The van der Waals surface area contributed by atoms with Crippen molar-refractivity contribution in [2.75, 3.05) is 0 Å². The van der Waals surface area contributed by atoms with E-state index in [1.54, 1.807) is 6.92 Å². The number of allylic oxidation sites excluding steroid dienone is 1. The van der Waals surface area contributed by atoms with Crippen molar-refractivity contribution in [1.29, 1.82) is 0 Å². The normalized spacial score (nSPS) is 11.4. The highest BCUT2D eigenvalue weighted by molar-refractivity contribution is 5.62. The Labute approximate surface area is 74.7 Å². The topological polar surface area (TPSA) is 43.1 Å². The molecule has 0 radical (unpaired) electrons. The van der Waals surface area contributed by atoms with Crippen LogP contribution >= 0.6 is 0 Å². The maximum absolute atomic E-state index is 12.5. The Balaban J connectivity index is 2.96. The summed E-state index contributed by atoms with van der Waals surface area (Å²) in [4.78, 5) is 9.58. The largest absolute Gasteiger partial charge is 0.259 e. The molecule has 0 N–H and O–H groups in total. The van der Waals surface area contributed by atoms with Crippen molar-refractivity contribution in [3.63, 3.8) is 0 Å². The Kier molecular flexibility index (Phi) is 2.74. The molecule has 0 aliphatic rings. The molecule has 0 saturated carbocycles. The minimum absolute atomic E-state index is 0.349. The molecule has 13 heavy (non-hydrogen) atoms. The fraction of sp³-hybridized carbons (Fsp3) is 0.111. The first kappa shape index (κ1) is 9.38. The Hall–Kier alpha value is -1.71. The summed E-state index contributed by atoms with van der Waals surface area (Å²) in [6.07, 6.45) is 0.896. The highest BCUT2D eigenvalue weighted by Gasteiger charge is 1.99. The molecule has 1 aromatic carbocycles. The summed E-state index contributed by atoms with van der Waals surface area (Å²) in [7, 11) is 0. The first-order valence-corrected chi connectivity index (χ1v) is 3.67. The molecule has 0 aromatic heterocycles. The van der Waals surface area contributed by atoms with Gasteiger partial charge in [0.15, 0.2) is 0 Å². The second-order valence-electron chi connectivity index (χ2n) is 2.60. The van der Waals surface area contributed by atoms with Crippen molar-refractivity contribution in [3.8, 4) is 0 Å². The molecule has 1 rings (SSSR count). The quantitative estimate of drug-likeness (QED) is 0.519. The van der Waals surface area contributed by atoms with Gasteiger partial charge in [0.1, 0.15) is 5.82 Å². The van der Waals surface area contributed by atoms with Crippen molar-refractivity contribution < 1.29 is 9.31 Å². The molecule has 0 amide bonds. The maximum Gasteiger partial charge on any atom is 0.237 e. The van der Waals surface area contributed by atoms with Gasteiger partial charge in [-0.15, -0.1) is 0 Å². The third-order valence-corrected chi connectivity index (χ3v) is 1.60. The fourth-order valence-corrected chi connectivity index (χ4v) is 0.945. The second kappa shape index (κ2) is 3.80. The lowest BCUT2D eigenvalue weighted by Crippen LogP contribution is -1.87. The molecule has 0 spiro atoms. The van der Waals surface area contributed by atoms with E-state index < -0.39 is 4.92 Å². The molecule has 1 aromatic rings.